The second-order valence-electron chi connectivity index (χ2n) is 6.20. The first-order valence-electron chi connectivity index (χ1n) is 7.64. The van der Waals surface area contributed by atoms with Crippen LogP contribution < -0.4 is 5.73 Å². The van der Waals surface area contributed by atoms with Gasteiger partial charge in [0, 0.05) is 5.92 Å². The Morgan fingerprint density at radius 3 is 2.60 bits per heavy atom. The Bertz CT molecular complexity index is 808. The molecule has 3 unspecified atom stereocenters. The summed E-state index contributed by atoms with van der Waals surface area (Å²) in [6.07, 6.45) is -6.47. The first kappa shape index (κ1) is 17.5. The van der Waals surface area contributed by atoms with Crippen LogP contribution in [0.2, 0.25) is 0 Å². The fourth-order valence-corrected chi connectivity index (χ4v) is 2.72. The van der Waals surface area contributed by atoms with Gasteiger partial charge in [-0.1, -0.05) is 13.8 Å². The average molecular weight is 353 g/mol. The SMILES string of the molecule is CC(C)c1nc(N)c2ncn([C@@H]3O[C@H](C(O)C(=O)O)C(O)C3O)c2n1. The molecule has 1 aliphatic rings. The van der Waals surface area contributed by atoms with Crippen molar-refractivity contribution in [3.05, 3.63) is 12.2 Å². The molecule has 0 bridgehead atoms. The lowest BCUT2D eigenvalue weighted by Gasteiger charge is -2.18. The zero-order valence-corrected chi connectivity index (χ0v) is 13.5. The molecule has 6 N–H and O–H groups in total. The van der Waals surface area contributed by atoms with E-state index >= 15 is 0 Å². The predicted octanol–water partition coefficient (Wildman–Crippen LogP) is -1.40. The number of carboxylic acid groups (broad SMARTS) is 1. The third kappa shape index (κ3) is 2.80. The van der Waals surface area contributed by atoms with Gasteiger partial charge in [-0.3, -0.25) is 4.57 Å². The normalized spacial score (nSPS) is 27.9. The van der Waals surface area contributed by atoms with E-state index in [-0.39, 0.29) is 22.9 Å². The Balaban J connectivity index is 2.03. The van der Waals surface area contributed by atoms with Gasteiger partial charge in [-0.25, -0.2) is 19.7 Å². The van der Waals surface area contributed by atoms with Gasteiger partial charge in [0.05, 0.1) is 6.33 Å². The number of carbonyl (C=O) groups is 1. The molecule has 11 nitrogen and oxygen atoms in total. The van der Waals surface area contributed by atoms with Gasteiger partial charge in [-0.2, -0.15) is 0 Å². The molecular weight excluding hydrogens is 334 g/mol. The van der Waals surface area contributed by atoms with Gasteiger partial charge in [-0.05, 0) is 0 Å². The molecule has 11 heteroatoms. The Hall–Kier alpha value is -2.34. The summed E-state index contributed by atoms with van der Waals surface area (Å²) >= 11 is 0. The molecule has 2 aromatic rings. The maximum Gasteiger partial charge on any atom is 0.335 e. The lowest BCUT2D eigenvalue weighted by atomic mass is 10.1. The van der Waals surface area contributed by atoms with Crippen molar-refractivity contribution in [1.82, 2.24) is 19.5 Å². The molecule has 0 saturated carbocycles. The number of carboxylic acids is 1. The van der Waals surface area contributed by atoms with Crippen LogP contribution in [0, 0.1) is 0 Å². The third-order valence-corrected chi connectivity index (χ3v) is 4.10. The number of aliphatic carboxylic acids is 1. The van der Waals surface area contributed by atoms with Gasteiger partial charge < -0.3 is 30.9 Å². The average Bonchev–Trinajstić information content (AvgIpc) is 3.09. The molecule has 0 aromatic carbocycles. The van der Waals surface area contributed by atoms with Crippen LogP contribution in [0.15, 0.2) is 6.33 Å². The summed E-state index contributed by atoms with van der Waals surface area (Å²) in [6.45, 7) is 3.76. The Morgan fingerprint density at radius 2 is 2.00 bits per heavy atom. The topological polar surface area (TPSA) is 177 Å². The van der Waals surface area contributed by atoms with Crippen LogP contribution in [0.4, 0.5) is 5.82 Å². The largest absolute Gasteiger partial charge is 0.479 e. The zero-order valence-electron chi connectivity index (χ0n) is 13.5. The number of aromatic nitrogens is 4. The molecule has 0 spiro atoms. The minimum absolute atomic E-state index is 0.0170. The first-order valence-corrected chi connectivity index (χ1v) is 7.64. The number of ether oxygens (including phenoxy) is 1. The Kier molecular flexibility index (Phi) is 4.33. The molecule has 5 atom stereocenters. The van der Waals surface area contributed by atoms with Crippen LogP contribution in [0.5, 0.6) is 0 Å². The van der Waals surface area contributed by atoms with E-state index in [0.717, 1.165) is 0 Å². The fraction of sp³-hybridized carbons (Fsp3) is 0.571. The van der Waals surface area contributed by atoms with Crippen LogP contribution in [-0.2, 0) is 9.53 Å². The van der Waals surface area contributed by atoms with Crippen LogP contribution in [0.25, 0.3) is 11.2 Å². The van der Waals surface area contributed by atoms with Gasteiger partial charge in [0.25, 0.3) is 0 Å². The van der Waals surface area contributed by atoms with E-state index in [9.17, 15) is 20.1 Å². The smallest absolute Gasteiger partial charge is 0.335 e. The maximum absolute atomic E-state index is 10.9. The van der Waals surface area contributed by atoms with E-state index in [1.807, 2.05) is 13.8 Å². The lowest BCUT2D eigenvalue weighted by molar-refractivity contribution is -0.160. The summed E-state index contributed by atoms with van der Waals surface area (Å²) in [5.74, 6) is -0.970. The maximum atomic E-state index is 10.9. The number of nitrogens with zero attached hydrogens (tertiary/aromatic N) is 4. The third-order valence-electron chi connectivity index (χ3n) is 4.10. The van der Waals surface area contributed by atoms with Crippen LogP contribution in [0.3, 0.4) is 0 Å². The number of rotatable bonds is 4. The van der Waals surface area contributed by atoms with Crippen LogP contribution >= 0.6 is 0 Å². The fourth-order valence-electron chi connectivity index (χ4n) is 2.72. The Labute approximate surface area is 141 Å². The van der Waals surface area contributed by atoms with E-state index in [0.29, 0.717) is 5.82 Å². The van der Waals surface area contributed by atoms with Crippen molar-refractivity contribution in [2.75, 3.05) is 5.73 Å². The number of aliphatic hydroxyl groups is 3. The quantitative estimate of drug-likeness (QED) is 0.439. The molecule has 0 radical (unpaired) electrons. The highest BCUT2D eigenvalue weighted by atomic mass is 16.6. The van der Waals surface area contributed by atoms with E-state index in [1.165, 1.54) is 10.9 Å². The van der Waals surface area contributed by atoms with Crippen molar-refractivity contribution >= 4 is 23.0 Å². The monoisotopic (exact) mass is 353 g/mol. The summed E-state index contributed by atoms with van der Waals surface area (Å²) in [7, 11) is 0. The lowest BCUT2D eigenvalue weighted by Crippen LogP contribution is -2.42. The second kappa shape index (κ2) is 6.19. The van der Waals surface area contributed by atoms with Gasteiger partial charge in [0.1, 0.15) is 29.7 Å². The summed E-state index contributed by atoms with van der Waals surface area (Å²) in [4.78, 5) is 23.5. The number of fused-ring (bicyclic) bond motifs is 1. The molecule has 1 aliphatic heterocycles. The van der Waals surface area contributed by atoms with Gasteiger partial charge in [-0.15, -0.1) is 0 Å². The number of hydrogen-bond acceptors (Lipinski definition) is 9. The highest BCUT2D eigenvalue weighted by Crippen LogP contribution is 2.33. The number of aliphatic hydroxyl groups excluding tert-OH is 3. The Morgan fingerprint density at radius 1 is 1.32 bits per heavy atom. The number of nitrogens with two attached hydrogens (primary N) is 1. The highest BCUT2D eigenvalue weighted by Gasteiger charge is 2.49. The van der Waals surface area contributed by atoms with Gasteiger partial charge >= 0.3 is 5.97 Å². The van der Waals surface area contributed by atoms with Gasteiger partial charge in [0.2, 0.25) is 0 Å². The van der Waals surface area contributed by atoms with Crippen LogP contribution in [0.1, 0.15) is 31.8 Å². The van der Waals surface area contributed by atoms with E-state index in [4.69, 9.17) is 15.6 Å². The molecule has 2 aromatic heterocycles. The van der Waals surface area contributed by atoms with Crippen molar-refractivity contribution in [1.29, 1.82) is 0 Å². The van der Waals surface area contributed by atoms with E-state index in [2.05, 4.69) is 15.0 Å². The molecule has 0 amide bonds. The van der Waals surface area contributed by atoms with Gasteiger partial charge in [0.15, 0.2) is 23.8 Å². The second-order valence-corrected chi connectivity index (χ2v) is 6.20. The minimum atomic E-state index is -1.99. The summed E-state index contributed by atoms with van der Waals surface area (Å²) < 4.78 is 6.73. The van der Waals surface area contributed by atoms with Crippen molar-refractivity contribution in [3.8, 4) is 0 Å². The molecule has 136 valence electrons. The van der Waals surface area contributed by atoms with Crippen LogP contribution in [-0.4, -0.2) is 70.3 Å². The molecule has 0 aliphatic carbocycles. The first-order chi connectivity index (χ1) is 11.7. The van der Waals surface area contributed by atoms with E-state index < -0.39 is 36.6 Å². The molecule has 1 fully saturated rings. The number of imidazole rings is 1. The summed E-state index contributed by atoms with van der Waals surface area (Å²) in [5.41, 5.74) is 6.45. The number of nitrogen functional groups attached to an aromatic ring is 1. The van der Waals surface area contributed by atoms with Crippen molar-refractivity contribution < 1.29 is 30.0 Å². The number of hydrogen-bond donors (Lipinski definition) is 5. The molecular formula is C14H19N5O6. The molecule has 3 rings (SSSR count). The van der Waals surface area contributed by atoms with Crippen molar-refractivity contribution in [2.24, 2.45) is 0 Å². The predicted molar refractivity (Wildman–Crippen MR) is 83.4 cm³/mol. The summed E-state index contributed by atoms with van der Waals surface area (Å²) in [5, 5.41) is 38.8. The highest BCUT2D eigenvalue weighted by molar-refractivity contribution is 5.81. The standard InChI is InChI=1S/C14H19N5O6/c1-4(2)11-17-10(15)5-12(18-11)19(3-16-5)13-7(21)6(20)9(25-13)8(22)14(23)24/h3-4,6-9,13,20-22H,1-2H3,(H,23,24)(H2,15,17,18)/t6?,7?,8?,9-,13+/m0/s1. The number of anilines is 1. The minimum Gasteiger partial charge on any atom is -0.479 e. The molecule has 25 heavy (non-hydrogen) atoms. The zero-order chi connectivity index (χ0) is 18.5. The van der Waals surface area contributed by atoms with Crippen molar-refractivity contribution in [3.63, 3.8) is 0 Å². The summed E-state index contributed by atoms with van der Waals surface area (Å²) in [6, 6.07) is 0. The van der Waals surface area contributed by atoms with Crippen molar-refractivity contribution in [2.45, 2.75) is 50.4 Å². The molecule has 3 heterocycles. The van der Waals surface area contributed by atoms with E-state index in [1.54, 1.807) is 0 Å². The molecule has 1 saturated heterocycles.